The summed E-state index contributed by atoms with van der Waals surface area (Å²) in [7, 11) is 3.71. The number of hydrogen-bond acceptors (Lipinski definition) is 2. The van der Waals surface area contributed by atoms with Crippen molar-refractivity contribution in [2.45, 2.75) is 57.4 Å². The van der Waals surface area contributed by atoms with Crippen LogP contribution < -0.4 is 10.6 Å². The summed E-state index contributed by atoms with van der Waals surface area (Å²) in [6.07, 6.45) is -2.42. The van der Waals surface area contributed by atoms with E-state index in [0.29, 0.717) is 18.9 Å². The van der Waals surface area contributed by atoms with E-state index in [4.69, 9.17) is 0 Å². The maximum Gasteiger partial charge on any atom is 0.391 e. The van der Waals surface area contributed by atoms with Gasteiger partial charge in [-0.15, -0.1) is 0 Å². The fraction of sp³-hybridized carbons (Fsp3) is 0.650. The quantitative estimate of drug-likeness (QED) is 0.579. The average Bonchev–Trinajstić information content (AvgIpc) is 2.65. The minimum atomic E-state index is -4.11. The van der Waals surface area contributed by atoms with Crippen LogP contribution in [0.5, 0.6) is 0 Å². The lowest BCUT2D eigenvalue weighted by Crippen LogP contribution is -2.49. The Balaban J connectivity index is 1.79. The van der Waals surface area contributed by atoms with Crippen LogP contribution in [0.4, 0.5) is 13.2 Å². The van der Waals surface area contributed by atoms with Gasteiger partial charge in [-0.25, -0.2) is 0 Å². The fourth-order valence-electron chi connectivity index (χ4n) is 3.43. The lowest BCUT2D eigenvalue weighted by atomic mass is 9.85. The first-order valence-corrected chi connectivity index (χ1v) is 9.57. The third kappa shape index (κ3) is 7.05. The summed E-state index contributed by atoms with van der Waals surface area (Å²) in [4.78, 5) is 6.41. The van der Waals surface area contributed by atoms with Crippen molar-refractivity contribution in [1.29, 1.82) is 0 Å². The number of likely N-dealkylation sites (N-methyl/N-ethyl adjacent to an activating group) is 1. The summed E-state index contributed by atoms with van der Waals surface area (Å²) in [6.45, 7) is 3.62. The Labute approximate surface area is 160 Å². The minimum Gasteiger partial charge on any atom is -0.355 e. The first kappa shape index (κ1) is 21.5. The van der Waals surface area contributed by atoms with Gasteiger partial charge >= 0.3 is 6.18 Å². The number of halogens is 3. The molecule has 1 aliphatic rings. The molecule has 1 saturated carbocycles. The van der Waals surface area contributed by atoms with Crippen molar-refractivity contribution in [3.63, 3.8) is 0 Å². The summed E-state index contributed by atoms with van der Waals surface area (Å²) < 4.78 is 38.9. The molecule has 0 radical (unpaired) electrons. The number of aliphatic imine (C=N–C) groups is 1. The smallest absolute Gasteiger partial charge is 0.355 e. The molecule has 2 rings (SSSR count). The number of hydrogen-bond donors (Lipinski definition) is 2. The summed E-state index contributed by atoms with van der Waals surface area (Å²) in [5.41, 5.74) is 1.25. The molecular weight excluding hydrogens is 353 g/mol. The van der Waals surface area contributed by atoms with Gasteiger partial charge in [-0.05, 0) is 38.8 Å². The van der Waals surface area contributed by atoms with Gasteiger partial charge in [-0.3, -0.25) is 9.89 Å². The van der Waals surface area contributed by atoms with Gasteiger partial charge in [0.15, 0.2) is 5.96 Å². The second kappa shape index (κ2) is 9.97. The van der Waals surface area contributed by atoms with Gasteiger partial charge in [0.1, 0.15) is 0 Å². The second-order valence-corrected chi connectivity index (χ2v) is 7.45. The van der Waals surface area contributed by atoms with Gasteiger partial charge in [0.25, 0.3) is 0 Å². The zero-order chi connectivity index (χ0) is 19.9. The number of nitrogens with zero attached hydrogens (tertiary/aromatic N) is 2. The molecule has 0 saturated heterocycles. The summed E-state index contributed by atoms with van der Waals surface area (Å²) in [5, 5.41) is 6.42. The van der Waals surface area contributed by atoms with E-state index in [1.54, 1.807) is 7.05 Å². The molecule has 7 heteroatoms. The highest BCUT2D eigenvalue weighted by Crippen LogP contribution is 2.37. The Hall–Kier alpha value is -1.76. The Bertz CT molecular complexity index is 589. The highest BCUT2D eigenvalue weighted by atomic mass is 19.4. The van der Waals surface area contributed by atoms with Crippen LogP contribution in [0, 0.1) is 5.92 Å². The first-order chi connectivity index (χ1) is 12.8. The van der Waals surface area contributed by atoms with E-state index >= 15 is 0 Å². The highest BCUT2D eigenvalue weighted by molar-refractivity contribution is 5.80. The van der Waals surface area contributed by atoms with Crippen molar-refractivity contribution >= 4 is 5.96 Å². The van der Waals surface area contributed by atoms with Gasteiger partial charge in [0, 0.05) is 32.2 Å². The van der Waals surface area contributed by atoms with E-state index in [-0.39, 0.29) is 24.9 Å². The number of benzene rings is 1. The number of rotatable bonds is 6. The van der Waals surface area contributed by atoms with Crippen LogP contribution in [0.3, 0.4) is 0 Å². The molecule has 2 N–H and O–H groups in total. The molecule has 152 valence electrons. The van der Waals surface area contributed by atoms with Gasteiger partial charge in [0.2, 0.25) is 0 Å². The molecular formula is C20H31F3N4. The molecule has 0 heterocycles. The number of alkyl halides is 3. The lowest BCUT2D eigenvalue weighted by molar-refractivity contribution is -0.183. The Morgan fingerprint density at radius 2 is 1.96 bits per heavy atom. The lowest BCUT2D eigenvalue weighted by Gasteiger charge is -2.32. The predicted molar refractivity (Wildman–Crippen MR) is 104 cm³/mol. The summed E-state index contributed by atoms with van der Waals surface area (Å²) in [5.74, 6) is -0.638. The van der Waals surface area contributed by atoms with Gasteiger partial charge < -0.3 is 10.6 Å². The van der Waals surface area contributed by atoms with Crippen molar-refractivity contribution in [3.05, 3.63) is 35.9 Å². The topological polar surface area (TPSA) is 39.7 Å². The van der Waals surface area contributed by atoms with E-state index in [1.165, 1.54) is 5.56 Å². The Kier molecular flexibility index (Phi) is 7.95. The molecule has 0 spiro atoms. The second-order valence-electron chi connectivity index (χ2n) is 7.45. The monoisotopic (exact) mass is 384 g/mol. The molecule has 3 unspecified atom stereocenters. The molecule has 1 aromatic carbocycles. The molecule has 1 aromatic rings. The van der Waals surface area contributed by atoms with E-state index in [0.717, 1.165) is 13.0 Å². The van der Waals surface area contributed by atoms with Crippen LogP contribution in [0.2, 0.25) is 0 Å². The van der Waals surface area contributed by atoms with Crippen LogP contribution in [-0.2, 0) is 6.54 Å². The largest absolute Gasteiger partial charge is 0.391 e. The number of guanidine groups is 1. The number of nitrogens with one attached hydrogen (secondary N) is 2. The standard InChI is InChI=1S/C20H31F3N4/c1-15(27(3)14-16-8-5-4-6-9-16)13-25-19(24-2)26-18-11-7-10-17(12-18)20(21,22)23/h4-6,8-9,15,17-18H,7,10-14H2,1-3H3,(H2,24,25,26). The van der Waals surface area contributed by atoms with E-state index in [9.17, 15) is 13.2 Å². The molecule has 27 heavy (non-hydrogen) atoms. The predicted octanol–water partition coefficient (Wildman–Crippen LogP) is 3.79. The van der Waals surface area contributed by atoms with Gasteiger partial charge in [-0.2, -0.15) is 13.2 Å². The molecule has 1 fully saturated rings. The highest BCUT2D eigenvalue weighted by Gasteiger charge is 2.42. The van der Waals surface area contributed by atoms with E-state index in [1.807, 2.05) is 18.2 Å². The SMILES string of the molecule is CN=C(NCC(C)N(C)Cc1ccccc1)NC1CCCC(C(F)(F)F)C1. The van der Waals surface area contributed by atoms with E-state index in [2.05, 4.69) is 46.6 Å². The maximum absolute atomic E-state index is 13.0. The van der Waals surface area contributed by atoms with Crippen molar-refractivity contribution in [3.8, 4) is 0 Å². The molecule has 4 nitrogen and oxygen atoms in total. The molecule has 1 aliphatic carbocycles. The third-order valence-electron chi connectivity index (χ3n) is 5.29. The molecule has 3 atom stereocenters. The first-order valence-electron chi connectivity index (χ1n) is 9.57. The zero-order valence-electron chi connectivity index (χ0n) is 16.4. The van der Waals surface area contributed by atoms with Crippen LogP contribution >= 0.6 is 0 Å². The van der Waals surface area contributed by atoms with E-state index < -0.39 is 12.1 Å². The van der Waals surface area contributed by atoms with Crippen LogP contribution in [0.1, 0.15) is 38.2 Å². The Morgan fingerprint density at radius 3 is 2.59 bits per heavy atom. The maximum atomic E-state index is 13.0. The summed E-state index contributed by atoms with van der Waals surface area (Å²) >= 11 is 0. The normalized spacial score (nSPS) is 22.6. The molecule has 0 amide bonds. The Morgan fingerprint density at radius 1 is 1.26 bits per heavy atom. The van der Waals surface area contributed by atoms with Crippen molar-refractivity contribution < 1.29 is 13.2 Å². The van der Waals surface area contributed by atoms with Gasteiger partial charge in [-0.1, -0.05) is 36.8 Å². The molecule has 0 bridgehead atoms. The van der Waals surface area contributed by atoms with Crippen LogP contribution in [0.15, 0.2) is 35.3 Å². The summed E-state index contributed by atoms with van der Waals surface area (Å²) in [6, 6.07) is 10.3. The fourth-order valence-corrected chi connectivity index (χ4v) is 3.43. The van der Waals surface area contributed by atoms with Crippen LogP contribution in [-0.4, -0.2) is 49.8 Å². The average molecular weight is 384 g/mol. The van der Waals surface area contributed by atoms with Crippen molar-refractivity contribution in [1.82, 2.24) is 15.5 Å². The molecule has 0 aromatic heterocycles. The zero-order valence-corrected chi connectivity index (χ0v) is 16.4. The van der Waals surface area contributed by atoms with Crippen molar-refractivity contribution in [2.75, 3.05) is 20.6 Å². The minimum absolute atomic E-state index is 0.119. The van der Waals surface area contributed by atoms with Crippen LogP contribution in [0.25, 0.3) is 0 Å². The molecule has 0 aliphatic heterocycles. The van der Waals surface area contributed by atoms with Gasteiger partial charge in [0.05, 0.1) is 5.92 Å². The van der Waals surface area contributed by atoms with Crippen molar-refractivity contribution in [2.24, 2.45) is 10.9 Å². The third-order valence-corrected chi connectivity index (χ3v) is 5.29.